The number of fused-ring (bicyclic) bond motifs is 2. The molecular weight excluding hydrogens is 529 g/mol. The molecule has 3 N–H and O–H groups in total. The molecular formula is C25H27BrFN7O2. The van der Waals surface area contributed by atoms with Crippen LogP contribution in [0, 0.1) is 5.82 Å². The van der Waals surface area contributed by atoms with E-state index in [0.29, 0.717) is 46.4 Å². The quantitative estimate of drug-likeness (QED) is 0.358. The highest BCUT2D eigenvalue weighted by atomic mass is 79.9. The van der Waals surface area contributed by atoms with Gasteiger partial charge in [0.15, 0.2) is 5.65 Å². The number of pyridine rings is 1. The zero-order valence-electron chi connectivity index (χ0n) is 19.9. The van der Waals surface area contributed by atoms with E-state index in [9.17, 15) is 9.18 Å². The lowest BCUT2D eigenvalue weighted by Crippen LogP contribution is -2.45. The van der Waals surface area contributed by atoms with Gasteiger partial charge in [0.25, 0.3) is 0 Å². The first-order valence-corrected chi connectivity index (χ1v) is 12.6. The van der Waals surface area contributed by atoms with E-state index in [0.717, 1.165) is 42.8 Å². The number of methoxy groups -OCH3 is 1. The molecule has 11 heteroatoms. The Kier molecular flexibility index (Phi) is 7.13. The summed E-state index contributed by atoms with van der Waals surface area (Å²) in [6, 6.07) is 6.66. The second-order valence-electron chi connectivity index (χ2n) is 8.89. The zero-order valence-corrected chi connectivity index (χ0v) is 21.5. The van der Waals surface area contributed by atoms with E-state index >= 15 is 0 Å². The van der Waals surface area contributed by atoms with Crippen LogP contribution in [0.25, 0.3) is 27.7 Å². The van der Waals surface area contributed by atoms with E-state index in [1.165, 1.54) is 12.1 Å². The maximum atomic E-state index is 13.8. The number of carbonyl (C=O) groups is 1. The van der Waals surface area contributed by atoms with Gasteiger partial charge in [-0.2, -0.15) is 9.61 Å². The predicted octanol–water partition coefficient (Wildman–Crippen LogP) is 3.55. The van der Waals surface area contributed by atoms with Crippen molar-refractivity contribution in [3.63, 3.8) is 0 Å². The Bertz CT molecular complexity index is 1420. The molecule has 0 atom stereocenters. The molecule has 36 heavy (non-hydrogen) atoms. The van der Waals surface area contributed by atoms with Crippen molar-refractivity contribution in [1.82, 2.24) is 29.8 Å². The van der Waals surface area contributed by atoms with Gasteiger partial charge in [0.05, 0.1) is 34.9 Å². The van der Waals surface area contributed by atoms with Crippen molar-refractivity contribution in [1.29, 1.82) is 0 Å². The van der Waals surface area contributed by atoms with Crippen LogP contribution in [0.2, 0.25) is 0 Å². The first-order valence-electron chi connectivity index (χ1n) is 11.8. The summed E-state index contributed by atoms with van der Waals surface area (Å²) in [7, 11) is 1.60. The van der Waals surface area contributed by atoms with Gasteiger partial charge in [-0.15, -0.1) is 0 Å². The normalized spacial score (nSPS) is 14.7. The fourth-order valence-electron chi connectivity index (χ4n) is 4.54. The van der Waals surface area contributed by atoms with Gasteiger partial charge in [-0.25, -0.2) is 9.37 Å². The van der Waals surface area contributed by atoms with Gasteiger partial charge >= 0.3 is 0 Å². The standard InChI is InChI=1S/C25H27BrFN7O2/c1-36-9-6-22(35)33-7-4-18(5-8-33)29-14-21-23(26)24(28)34-25(32-21)19(13-31-34)16-10-15-11-17(27)2-3-20(15)30-12-16/h2-3,10-13,18,29H,4-9,14,28H2,1H3. The third-order valence-corrected chi connectivity index (χ3v) is 7.44. The number of piperidine rings is 1. The van der Waals surface area contributed by atoms with Gasteiger partial charge in [0, 0.05) is 55.5 Å². The van der Waals surface area contributed by atoms with Gasteiger partial charge < -0.3 is 20.7 Å². The second kappa shape index (κ2) is 10.5. The number of likely N-dealkylation sites (tertiary alicyclic amines) is 1. The number of hydrogen-bond acceptors (Lipinski definition) is 7. The lowest BCUT2D eigenvalue weighted by molar-refractivity contribution is -0.133. The van der Waals surface area contributed by atoms with Crippen LogP contribution in [0.15, 0.2) is 41.1 Å². The summed E-state index contributed by atoms with van der Waals surface area (Å²) >= 11 is 3.58. The molecule has 0 aliphatic carbocycles. The third-order valence-electron chi connectivity index (χ3n) is 6.57. The topological polar surface area (TPSA) is 111 Å². The molecule has 5 rings (SSSR count). The van der Waals surface area contributed by atoms with Crippen molar-refractivity contribution in [2.75, 3.05) is 32.5 Å². The van der Waals surface area contributed by atoms with Crippen LogP contribution in [0.5, 0.6) is 0 Å². The lowest BCUT2D eigenvalue weighted by atomic mass is 10.0. The van der Waals surface area contributed by atoms with E-state index in [1.807, 2.05) is 11.0 Å². The molecule has 9 nitrogen and oxygen atoms in total. The minimum Gasteiger partial charge on any atom is -0.384 e. The van der Waals surface area contributed by atoms with Crippen molar-refractivity contribution in [2.45, 2.75) is 31.8 Å². The Hall–Kier alpha value is -3.15. The van der Waals surface area contributed by atoms with E-state index < -0.39 is 0 Å². The summed E-state index contributed by atoms with van der Waals surface area (Å²) in [5, 5.41) is 8.68. The average Bonchev–Trinajstić information content (AvgIpc) is 3.32. The van der Waals surface area contributed by atoms with Crippen LogP contribution < -0.4 is 11.1 Å². The molecule has 1 aromatic carbocycles. The van der Waals surface area contributed by atoms with E-state index in [2.05, 4.69) is 31.3 Å². The Labute approximate surface area is 216 Å². The van der Waals surface area contributed by atoms with E-state index in [-0.39, 0.29) is 17.8 Å². The van der Waals surface area contributed by atoms with Gasteiger partial charge in [-0.1, -0.05) is 0 Å². The summed E-state index contributed by atoms with van der Waals surface area (Å²) in [5.74, 6) is 0.268. The largest absolute Gasteiger partial charge is 0.384 e. The van der Waals surface area contributed by atoms with Crippen LogP contribution >= 0.6 is 15.9 Å². The summed E-state index contributed by atoms with van der Waals surface area (Å²) in [5.41, 5.74) is 10.0. The molecule has 1 aliphatic heterocycles. The first kappa shape index (κ1) is 24.5. The van der Waals surface area contributed by atoms with Crippen molar-refractivity contribution >= 4 is 44.2 Å². The number of nitrogen functional groups attached to an aromatic ring is 1. The van der Waals surface area contributed by atoms with Crippen LogP contribution in [0.1, 0.15) is 25.0 Å². The van der Waals surface area contributed by atoms with Gasteiger partial charge in [0.2, 0.25) is 5.91 Å². The Morgan fingerprint density at radius 3 is 2.86 bits per heavy atom. The highest BCUT2D eigenvalue weighted by molar-refractivity contribution is 9.10. The summed E-state index contributed by atoms with van der Waals surface area (Å²) in [6.07, 6.45) is 5.58. The van der Waals surface area contributed by atoms with Gasteiger partial charge in [0.1, 0.15) is 11.6 Å². The van der Waals surface area contributed by atoms with Crippen LogP contribution in [0.3, 0.4) is 0 Å². The molecule has 3 aromatic heterocycles. The van der Waals surface area contributed by atoms with E-state index in [4.69, 9.17) is 15.5 Å². The number of halogens is 2. The Morgan fingerprint density at radius 1 is 1.28 bits per heavy atom. The Balaban J connectivity index is 1.34. The number of nitrogens with one attached hydrogen (secondary N) is 1. The maximum Gasteiger partial charge on any atom is 0.224 e. The predicted molar refractivity (Wildman–Crippen MR) is 139 cm³/mol. The number of aromatic nitrogens is 4. The van der Waals surface area contributed by atoms with Gasteiger partial charge in [-0.05, 0) is 53.0 Å². The number of ether oxygens (including phenoxy) is 1. The van der Waals surface area contributed by atoms with Gasteiger partial charge in [-0.3, -0.25) is 9.78 Å². The van der Waals surface area contributed by atoms with Crippen LogP contribution in [0.4, 0.5) is 10.2 Å². The molecule has 188 valence electrons. The molecule has 1 fully saturated rings. The smallest absolute Gasteiger partial charge is 0.224 e. The number of rotatable bonds is 7. The molecule has 1 amide bonds. The number of hydrogen-bond donors (Lipinski definition) is 2. The molecule has 1 aliphatic rings. The SMILES string of the molecule is COCCC(=O)N1CCC(NCc2nc3c(-c4cnc5ccc(F)cc5c4)cnn3c(N)c2Br)CC1. The summed E-state index contributed by atoms with van der Waals surface area (Å²) in [6.45, 7) is 2.40. The van der Waals surface area contributed by atoms with Crippen molar-refractivity contribution < 1.29 is 13.9 Å². The van der Waals surface area contributed by atoms with E-state index in [1.54, 1.807) is 30.1 Å². The fraction of sp³-hybridized carbons (Fsp3) is 0.360. The average molecular weight is 556 g/mol. The monoisotopic (exact) mass is 555 g/mol. The number of carbonyl (C=O) groups excluding carboxylic acids is 1. The number of benzene rings is 1. The first-order chi connectivity index (χ1) is 17.4. The number of nitrogens with zero attached hydrogens (tertiary/aromatic N) is 5. The summed E-state index contributed by atoms with van der Waals surface area (Å²) < 4.78 is 21.0. The number of amides is 1. The van der Waals surface area contributed by atoms with Crippen LogP contribution in [-0.4, -0.2) is 63.2 Å². The molecule has 0 radical (unpaired) electrons. The van der Waals surface area contributed by atoms with Crippen molar-refractivity contribution in [3.05, 3.63) is 52.6 Å². The lowest BCUT2D eigenvalue weighted by Gasteiger charge is -2.32. The molecule has 0 saturated carbocycles. The molecule has 0 bridgehead atoms. The molecule has 4 aromatic rings. The molecule has 0 unspecified atom stereocenters. The Morgan fingerprint density at radius 2 is 2.08 bits per heavy atom. The maximum absolute atomic E-state index is 13.8. The van der Waals surface area contributed by atoms with Crippen molar-refractivity contribution in [3.8, 4) is 11.1 Å². The molecule has 4 heterocycles. The summed E-state index contributed by atoms with van der Waals surface area (Å²) in [4.78, 5) is 23.4. The minimum atomic E-state index is -0.314. The number of nitrogens with two attached hydrogens (primary N) is 1. The minimum absolute atomic E-state index is 0.136. The van der Waals surface area contributed by atoms with Crippen LogP contribution in [-0.2, 0) is 16.1 Å². The number of anilines is 1. The zero-order chi connectivity index (χ0) is 25.2. The molecule has 1 saturated heterocycles. The second-order valence-corrected chi connectivity index (χ2v) is 9.68. The third kappa shape index (κ3) is 4.91. The van der Waals surface area contributed by atoms with Crippen molar-refractivity contribution in [2.24, 2.45) is 0 Å². The molecule has 0 spiro atoms. The highest BCUT2D eigenvalue weighted by Crippen LogP contribution is 2.31. The highest BCUT2D eigenvalue weighted by Gasteiger charge is 2.23. The fourth-order valence-corrected chi connectivity index (χ4v) is 4.93.